The van der Waals surface area contributed by atoms with Crippen molar-refractivity contribution in [3.8, 4) is 5.75 Å². The summed E-state index contributed by atoms with van der Waals surface area (Å²) >= 11 is 6.17. The van der Waals surface area contributed by atoms with Gasteiger partial charge in [0.25, 0.3) is 0 Å². The van der Waals surface area contributed by atoms with E-state index < -0.39 is 0 Å². The number of halogens is 1. The van der Waals surface area contributed by atoms with Gasteiger partial charge >= 0.3 is 5.97 Å². The lowest BCUT2D eigenvalue weighted by Crippen LogP contribution is -2.34. The highest BCUT2D eigenvalue weighted by Gasteiger charge is 2.44. The van der Waals surface area contributed by atoms with Gasteiger partial charge in [-0.1, -0.05) is 55.8 Å². The van der Waals surface area contributed by atoms with Crippen LogP contribution in [0.4, 0.5) is 0 Å². The van der Waals surface area contributed by atoms with E-state index in [2.05, 4.69) is 37.0 Å². The quantitative estimate of drug-likeness (QED) is 0.533. The highest BCUT2D eigenvalue weighted by molar-refractivity contribution is 6.30. The molecule has 2 aliphatic heterocycles. The van der Waals surface area contributed by atoms with Crippen LogP contribution < -0.4 is 4.74 Å². The lowest BCUT2D eigenvalue weighted by atomic mass is 9.87. The van der Waals surface area contributed by atoms with Gasteiger partial charge in [-0.3, -0.25) is 4.79 Å². The van der Waals surface area contributed by atoms with E-state index in [0.717, 1.165) is 34.6 Å². The van der Waals surface area contributed by atoms with Crippen molar-refractivity contribution in [1.82, 2.24) is 4.90 Å². The van der Waals surface area contributed by atoms with Crippen LogP contribution in [-0.2, 0) is 9.53 Å². The number of benzene rings is 2. The molecule has 0 amide bonds. The standard InChI is InChI=1S/C26H28ClNO3/c1-5-31-23(29)14-21-24(17-6-10-19(27)11-7-17)25(18-8-12-20(30-4)13-9-18)22-15-26(2,3)16-28(21)22/h6-13,15,21H,5,14,16H2,1-4H3. The Morgan fingerprint density at radius 2 is 1.74 bits per heavy atom. The average Bonchev–Trinajstić information content (AvgIpc) is 3.20. The van der Waals surface area contributed by atoms with Gasteiger partial charge < -0.3 is 14.4 Å². The van der Waals surface area contributed by atoms with Crippen molar-refractivity contribution in [1.29, 1.82) is 0 Å². The van der Waals surface area contributed by atoms with Gasteiger partial charge in [0.15, 0.2) is 0 Å². The van der Waals surface area contributed by atoms with Crippen LogP contribution in [0.25, 0.3) is 11.1 Å². The number of ether oxygens (including phenoxy) is 2. The largest absolute Gasteiger partial charge is 0.497 e. The molecule has 0 fully saturated rings. The number of rotatable bonds is 6. The molecule has 0 saturated heterocycles. The van der Waals surface area contributed by atoms with E-state index in [9.17, 15) is 4.79 Å². The van der Waals surface area contributed by atoms with Gasteiger partial charge in [0.05, 0.1) is 26.2 Å². The maximum Gasteiger partial charge on any atom is 0.308 e. The summed E-state index contributed by atoms with van der Waals surface area (Å²) in [6.07, 6.45) is 2.63. The number of hydrogen-bond acceptors (Lipinski definition) is 4. The Morgan fingerprint density at radius 1 is 1.10 bits per heavy atom. The molecule has 0 bridgehead atoms. The molecule has 2 aromatic carbocycles. The maximum atomic E-state index is 12.6. The third-order valence-corrected chi connectivity index (χ3v) is 6.10. The number of methoxy groups -OCH3 is 1. The van der Waals surface area contributed by atoms with Crippen LogP contribution >= 0.6 is 11.6 Å². The van der Waals surface area contributed by atoms with E-state index in [0.29, 0.717) is 18.1 Å². The summed E-state index contributed by atoms with van der Waals surface area (Å²) in [5.74, 6) is 0.634. The smallest absolute Gasteiger partial charge is 0.308 e. The average molecular weight is 438 g/mol. The monoisotopic (exact) mass is 437 g/mol. The molecule has 2 aliphatic rings. The summed E-state index contributed by atoms with van der Waals surface area (Å²) in [5, 5.41) is 0.691. The minimum absolute atomic E-state index is 0.0193. The number of carbonyl (C=O) groups excluding carboxylic acids is 1. The number of esters is 1. The van der Waals surface area contributed by atoms with Gasteiger partial charge in [-0.05, 0) is 47.9 Å². The molecule has 162 valence electrons. The fraction of sp³-hybridized carbons (Fsp3) is 0.346. The van der Waals surface area contributed by atoms with Gasteiger partial charge in [0.2, 0.25) is 0 Å². The molecule has 0 spiro atoms. The first-order valence-electron chi connectivity index (χ1n) is 10.6. The predicted molar refractivity (Wildman–Crippen MR) is 125 cm³/mol. The van der Waals surface area contributed by atoms with Crippen LogP contribution in [0.3, 0.4) is 0 Å². The first-order valence-corrected chi connectivity index (χ1v) is 11.0. The number of nitrogens with zero attached hydrogens (tertiary/aromatic N) is 1. The van der Waals surface area contributed by atoms with Gasteiger partial charge in [0.1, 0.15) is 5.75 Å². The summed E-state index contributed by atoms with van der Waals surface area (Å²) in [7, 11) is 1.67. The molecule has 4 nitrogen and oxygen atoms in total. The van der Waals surface area contributed by atoms with E-state index in [-0.39, 0.29) is 17.4 Å². The Labute approximate surface area is 189 Å². The van der Waals surface area contributed by atoms with Gasteiger partial charge in [-0.2, -0.15) is 0 Å². The summed E-state index contributed by atoms with van der Waals surface area (Å²) in [4.78, 5) is 14.9. The molecular weight excluding hydrogens is 410 g/mol. The third kappa shape index (κ3) is 4.22. The lowest BCUT2D eigenvalue weighted by molar-refractivity contribution is -0.143. The lowest BCUT2D eigenvalue weighted by Gasteiger charge is -2.29. The zero-order chi connectivity index (χ0) is 22.2. The van der Waals surface area contributed by atoms with Crippen molar-refractivity contribution in [3.63, 3.8) is 0 Å². The predicted octanol–water partition coefficient (Wildman–Crippen LogP) is 5.82. The number of fused-ring (bicyclic) bond motifs is 1. The van der Waals surface area contributed by atoms with E-state index in [1.807, 2.05) is 43.3 Å². The Bertz CT molecular complexity index is 1040. The zero-order valence-electron chi connectivity index (χ0n) is 18.4. The SMILES string of the molecule is CCOC(=O)CC1C(c2ccc(Cl)cc2)=C(c2ccc(OC)cc2)C2=CC(C)(C)CN21. The molecule has 0 aliphatic carbocycles. The maximum absolute atomic E-state index is 12.6. The molecule has 2 heterocycles. The second-order valence-electron chi connectivity index (χ2n) is 8.70. The van der Waals surface area contributed by atoms with E-state index in [1.165, 1.54) is 5.70 Å². The van der Waals surface area contributed by atoms with Gasteiger partial charge in [0, 0.05) is 28.3 Å². The van der Waals surface area contributed by atoms with Gasteiger partial charge in [-0.25, -0.2) is 0 Å². The normalized spacial score (nSPS) is 19.3. The molecule has 1 unspecified atom stereocenters. The summed E-state index contributed by atoms with van der Waals surface area (Å²) < 4.78 is 10.7. The fourth-order valence-corrected chi connectivity index (χ4v) is 4.72. The van der Waals surface area contributed by atoms with Crippen molar-refractivity contribution in [2.75, 3.05) is 20.3 Å². The third-order valence-electron chi connectivity index (χ3n) is 5.85. The van der Waals surface area contributed by atoms with Crippen molar-refractivity contribution in [3.05, 3.63) is 76.5 Å². The Balaban J connectivity index is 1.91. The minimum Gasteiger partial charge on any atom is -0.497 e. The van der Waals surface area contributed by atoms with Crippen LogP contribution in [-0.4, -0.2) is 37.2 Å². The number of carbonyl (C=O) groups is 1. The van der Waals surface area contributed by atoms with Crippen LogP contribution in [0.2, 0.25) is 5.02 Å². The zero-order valence-corrected chi connectivity index (χ0v) is 19.2. The molecule has 2 aromatic rings. The molecule has 0 aromatic heterocycles. The van der Waals surface area contributed by atoms with Crippen molar-refractivity contribution >= 4 is 28.7 Å². The highest BCUT2D eigenvalue weighted by Crippen LogP contribution is 2.51. The molecule has 31 heavy (non-hydrogen) atoms. The summed E-state index contributed by atoms with van der Waals surface area (Å²) in [6.45, 7) is 7.53. The molecule has 4 rings (SSSR count). The first kappa shape index (κ1) is 21.5. The van der Waals surface area contributed by atoms with Gasteiger partial charge in [-0.15, -0.1) is 0 Å². The second-order valence-corrected chi connectivity index (χ2v) is 9.13. The first-order chi connectivity index (χ1) is 14.8. The summed E-state index contributed by atoms with van der Waals surface area (Å²) in [5.41, 5.74) is 5.66. The van der Waals surface area contributed by atoms with Crippen LogP contribution in [0.1, 0.15) is 38.3 Å². The van der Waals surface area contributed by atoms with E-state index in [1.54, 1.807) is 7.11 Å². The van der Waals surface area contributed by atoms with Crippen molar-refractivity contribution in [2.24, 2.45) is 5.41 Å². The fourth-order valence-electron chi connectivity index (χ4n) is 4.59. The van der Waals surface area contributed by atoms with Crippen LogP contribution in [0, 0.1) is 5.41 Å². The van der Waals surface area contributed by atoms with Crippen LogP contribution in [0.5, 0.6) is 5.75 Å². The highest BCUT2D eigenvalue weighted by atomic mass is 35.5. The Kier molecular flexibility index (Phi) is 5.85. The topological polar surface area (TPSA) is 38.8 Å². The molecule has 5 heteroatoms. The molecule has 1 atom stereocenters. The van der Waals surface area contributed by atoms with Crippen LogP contribution in [0.15, 0.2) is 60.3 Å². The minimum atomic E-state index is -0.181. The number of hydrogen-bond donors (Lipinski definition) is 0. The molecular formula is C26H28ClNO3. The van der Waals surface area contributed by atoms with Crippen molar-refractivity contribution < 1.29 is 14.3 Å². The molecule has 0 saturated carbocycles. The second kappa shape index (κ2) is 8.43. The Hall–Kier alpha value is -2.72. The Morgan fingerprint density at radius 3 is 2.35 bits per heavy atom. The number of allylic oxidation sites excluding steroid dienone is 1. The van der Waals surface area contributed by atoms with E-state index in [4.69, 9.17) is 21.1 Å². The van der Waals surface area contributed by atoms with Crippen molar-refractivity contribution in [2.45, 2.75) is 33.2 Å². The summed E-state index contributed by atoms with van der Waals surface area (Å²) in [6, 6.07) is 15.9. The van der Waals surface area contributed by atoms with E-state index >= 15 is 0 Å². The molecule has 0 radical (unpaired) electrons. The molecule has 0 N–H and O–H groups in total.